The van der Waals surface area contributed by atoms with Crippen LogP contribution in [0.5, 0.6) is 0 Å². The summed E-state index contributed by atoms with van der Waals surface area (Å²) in [5.41, 5.74) is 1.42. The van der Waals surface area contributed by atoms with Crippen LogP contribution < -0.4 is 5.32 Å². The summed E-state index contributed by atoms with van der Waals surface area (Å²) in [6, 6.07) is 6.11. The lowest BCUT2D eigenvalue weighted by atomic mass is 9.83. The largest absolute Gasteiger partial charge is 0.350 e. The minimum atomic E-state index is -0.350. The molecule has 0 saturated heterocycles. The molecular weight excluding hydrogens is 340 g/mol. The van der Waals surface area contributed by atoms with Gasteiger partial charge in [0.2, 0.25) is 5.91 Å². The molecule has 0 aliphatic heterocycles. The van der Waals surface area contributed by atoms with E-state index in [1.165, 1.54) is 4.88 Å². The maximum Gasteiger partial charge on any atom is 0.231 e. The molecule has 0 atom stereocenters. The molecule has 1 N–H and O–H groups in total. The van der Waals surface area contributed by atoms with Crippen LogP contribution in [0.2, 0.25) is 0 Å². The van der Waals surface area contributed by atoms with Gasteiger partial charge in [-0.2, -0.15) is 11.3 Å². The lowest BCUT2D eigenvalue weighted by molar-refractivity contribution is -0.126. The van der Waals surface area contributed by atoms with Crippen molar-refractivity contribution >= 4 is 28.6 Å². The monoisotopic (exact) mass is 358 g/mol. The van der Waals surface area contributed by atoms with Crippen molar-refractivity contribution in [2.45, 2.75) is 37.6 Å². The van der Waals surface area contributed by atoms with Gasteiger partial charge < -0.3 is 5.32 Å². The second kappa shape index (κ2) is 6.49. The Morgan fingerprint density at radius 3 is 2.88 bits per heavy atom. The Labute approximate surface area is 148 Å². The highest BCUT2D eigenvalue weighted by Gasteiger charge is 2.43. The van der Waals surface area contributed by atoms with Crippen molar-refractivity contribution in [3.05, 3.63) is 51.1 Å². The van der Waals surface area contributed by atoms with E-state index >= 15 is 0 Å². The summed E-state index contributed by atoms with van der Waals surface area (Å²) < 4.78 is 1.74. The molecule has 1 fully saturated rings. The number of nitrogens with one attached hydrogen (secondary N) is 1. The molecule has 3 aromatic rings. The Kier molecular flexibility index (Phi) is 4.20. The number of hydrogen-bond donors (Lipinski definition) is 1. The van der Waals surface area contributed by atoms with Crippen LogP contribution in [0.4, 0.5) is 0 Å². The number of nitrogens with zero attached hydrogens (tertiary/aromatic N) is 3. The summed E-state index contributed by atoms with van der Waals surface area (Å²) in [5.74, 6) is 0.118. The van der Waals surface area contributed by atoms with E-state index in [0.717, 1.165) is 37.1 Å². The molecule has 0 unspecified atom stereocenters. The van der Waals surface area contributed by atoms with Crippen molar-refractivity contribution in [3.8, 4) is 5.69 Å². The highest BCUT2D eigenvalue weighted by Crippen LogP contribution is 2.43. The average Bonchev–Trinajstić information content (AvgIpc) is 3.41. The standard InChI is InChI=1S/C17H18N4OS2/c22-16(17(6-1-2-7-17)15-4-3-8-24-15)18-10-13-11-21(20-19-13)14-5-9-23-12-14/h3-5,8-9,11-12H,1-2,6-7,10H2,(H,18,22). The average molecular weight is 358 g/mol. The normalized spacial score (nSPS) is 16.3. The molecule has 0 aromatic carbocycles. The zero-order valence-corrected chi connectivity index (χ0v) is 14.8. The van der Waals surface area contributed by atoms with Crippen LogP contribution >= 0.6 is 22.7 Å². The minimum Gasteiger partial charge on any atom is -0.350 e. The highest BCUT2D eigenvalue weighted by molar-refractivity contribution is 7.10. The van der Waals surface area contributed by atoms with E-state index in [9.17, 15) is 4.79 Å². The maximum atomic E-state index is 12.9. The third-order valence-corrected chi connectivity index (χ3v) is 6.37. The summed E-state index contributed by atoms with van der Waals surface area (Å²) in [5, 5.41) is 17.4. The molecule has 3 heterocycles. The van der Waals surface area contributed by atoms with Crippen LogP contribution in [0.15, 0.2) is 40.5 Å². The lowest BCUT2D eigenvalue weighted by Crippen LogP contribution is -2.41. The first-order chi connectivity index (χ1) is 11.8. The van der Waals surface area contributed by atoms with Gasteiger partial charge in [0.05, 0.1) is 23.8 Å². The number of thiophene rings is 2. The molecule has 0 bridgehead atoms. The first-order valence-electron chi connectivity index (χ1n) is 8.04. The number of amides is 1. The number of aromatic nitrogens is 3. The van der Waals surface area contributed by atoms with Gasteiger partial charge in [0.15, 0.2) is 0 Å². The first kappa shape index (κ1) is 15.5. The Balaban J connectivity index is 1.46. The van der Waals surface area contributed by atoms with E-state index in [0.29, 0.717) is 6.54 Å². The highest BCUT2D eigenvalue weighted by atomic mass is 32.1. The molecule has 3 aromatic heterocycles. The molecule has 24 heavy (non-hydrogen) atoms. The van der Waals surface area contributed by atoms with E-state index in [-0.39, 0.29) is 11.3 Å². The molecule has 0 radical (unpaired) electrons. The Morgan fingerprint density at radius 2 is 2.17 bits per heavy atom. The van der Waals surface area contributed by atoms with Gasteiger partial charge in [-0.1, -0.05) is 24.1 Å². The van der Waals surface area contributed by atoms with E-state index in [1.54, 1.807) is 27.4 Å². The van der Waals surface area contributed by atoms with Gasteiger partial charge >= 0.3 is 0 Å². The minimum absolute atomic E-state index is 0.118. The van der Waals surface area contributed by atoms with E-state index in [2.05, 4.69) is 27.1 Å². The fourth-order valence-corrected chi connectivity index (χ4v) is 4.95. The molecule has 1 saturated carbocycles. The second-order valence-electron chi connectivity index (χ2n) is 6.09. The Bertz CT molecular complexity index is 802. The van der Waals surface area contributed by atoms with Crippen LogP contribution in [0, 0.1) is 0 Å². The molecule has 124 valence electrons. The smallest absolute Gasteiger partial charge is 0.231 e. The molecular formula is C17H18N4OS2. The fraction of sp³-hybridized carbons (Fsp3) is 0.353. The third-order valence-electron chi connectivity index (χ3n) is 4.63. The zero-order valence-electron chi connectivity index (χ0n) is 13.1. The molecule has 1 aliphatic rings. The van der Waals surface area contributed by atoms with Gasteiger partial charge in [-0.15, -0.1) is 16.4 Å². The number of hydrogen-bond acceptors (Lipinski definition) is 5. The Hall–Kier alpha value is -1.99. The maximum absolute atomic E-state index is 12.9. The van der Waals surface area contributed by atoms with Crippen LogP contribution in [0.1, 0.15) is 36.3 Å². The zero-order chi connectivity index (χ0) is 16.4. The number of rotatable bonds is 5. The van der Waals surface area contributed by atoms with Crippen molar-refractivity contribution in [1.82, 2.24) is 20.3 Å². The van der Waals surface area contributed by atoms with Gasteiger partial charge in [-0.3, -0.25) is 4.79 Å². The second-order valence-corrected chi connectivity index (χ2v) is 7.81. The van der Waals surface area contributed by atoms with Gasteiger partial charge in [0, 0.05) is 10.3 Å². The number of carbonyl (C=O) groups excluding carboxylic acids is 1. The predicted molar refractivity (Wildman–Crippen MR) is 95.5 cm³/mol. The quantitative estimate of drug-likeness (QED) is 0.759. The first-order valence-corrected chi connectivity index (χ1v) is 9.86. The van der Waals surface area contributed by atoms with Crippen molar-refractivity contribution in [2.75, 3.05) is 0 Å². The third kappa shape index (κ3) is 2.78. The lowest BCUT2D eigenvalue weighted by Gasteiger charge is -2.26. The van der Waals surface area contributed by atoms with Crippen LogP contribution in [0.25, 0.3) is 5.69 Å². The van der Waals surface area contributed by atoms with Gasteiger partial charge in [0.25, 0.3) is 0 Å². The summed E-state index contributed by atoms with van der Waals surface area (Å²) >= 11 is 3.30. The Morgan fingerprint density at radius 1 is 1.29 bits per heavy atom. The van der Waals surface area contributed by atoms with Crippen LogP contribution in [-0.4, -0.2) is 20.9 Å². The SMILES string of the molecule is O=C(NCc1cn(-c2ccsc2)nn1)C1(c2cccs2)CCCC1. The van der Waals surface area contributed by atoms with Crippen LogP contribution in [0.3, 0.4) is 0 Å². The molecule has 1 amide bonds. The molecule has 0 spiro atoms. The molecule has 4 rings (SSSR count). The fourth-order valence-electron chi connectivity index (χ4n) is 3.35. The summed E-state index contributed by atoms with van der Waals surface area (Å²) in [4.78, 5) is 14.1. The van der Waals surface area contributed by atoms with E-state index in [4.69, 9.17) is 0 Å². The number of carbonyl (C=O) groups is 1. The van der Waals surface area contributed by atoms with Gasteiger partial charge in [-0.25, -0.2) is 4.68 Å². The summed E-state index contributed by atoms with van der Waals surface area (Å²) in [7, 11) is 0. The van der Waals surface area contributed by atoms with E-state index in [1.807, 2.05) is 29.1 Å². The van der Waals surface area contributed by atoms with Gasteiger partial charge in [-0.05, 0) is 35.7 Å². The molecule has 5 nitrogen and oxygen atoms in total. The summed E-state index contributed by atoms with van der Waals surface area (Å²) in [6.45, 7) is 0.413. The molecule has 1 aliphatic carbocycles. The van der Waals surface area contributed by atoms with Crippen molar-refractivity contribution < 1.29 is 4.79 Å². The van der Waals surface area contributed by atoms with Crippen molar-refractivity contribution in [3.63, 3.8) is 0 Å². The summed E-state index contributed by atoms with van der Waals surface area (Å²) in [6.07, 6.45) is 5.95. The topological polar surface area (TPSA) is 59.8 Å². The van der Waals surface area contributed by atoms with Crippen molar-refractivity contribution in [1.29, 1.82) is 0 Å². The van der Waals surface area contributed by atoms with Crippen LogP contribution in [-0.2, 0) is 16.8 Å². The predicted octanol–water partition coefficient (Wildman–Crippen LogP) is 3.52. The van der Waals surface area contributed by atoms with Crippen molar-refractivity contribution in [2.24, 2.45) is 0 Å². The van der Waals surface area contributed by atoms with Gasteiger partial charge in [0.1, 0.15) is 5.69 Å². The van der Waals surface area contributed by atoms with E-state index < -0.39 is 0 Å². The molecule has 7 heteroatoms.